The summed E-state index contributed by atoms with van der Waals surface area (Å²) >= 11 is 0. The Morgan fingerprint density at radius 1 is 0.507 bits per heavy atom. The second-order valence-corrected chi connectivity index (χ2v) is 22.8. The van der Waals surface area contributed by atoms with Crippen LogP contribution in [0, 0.1) is 0 Å². The van der Waals surface area contributed by atoms with Gasteiger partial charge in [0.15, 0.2) is 0 Å². The molecule has 0 aromatic rings. The second kappa shape index (κ2) is 51.4. The van der Waals surface area contributed by atoms with Gasteiger partial charge < -0.3 is 28.8 Å². The number of aliphatic hydroxyl groups is 1. The summed E-state index contributed by atoms with van der Waals surface area (Å²) in [5.41, 5.74) is 0. The number of nitrogens with one attached hydrogen (secondary N) is 1. The van der Waals surface area contributed by atoms with Crippen molar-refractivity contribution in [2.75, 3.05) is 40.9 Å². The summed E-state index contributed by atoms with van der Waals surface area (Å²) in [6.07, 6.45) is 67.8. The first kappa shape index (κ1) is 67.5. The Labute approximate surface area is 429 Å². The van der Waals surface area contributed by atoms with Crippen LogP contribution in [0.4, 0.5) is 0 Å². The lowest BCUT2D eigenvalue weighted by Crippen LogP contribution is -2.45. The lowest BCUT2D eigenvalue weighted by atomic mass is 10.0. The van der Waals surface area contributed by atoms with Crippen molar-refractivity contribution >= 4 is 13.7 Å². The van der Waals surface area contributed by atoms with Gasteiger partial charge in [-0.05, 0) is 64.2 Å². The van der Waals surface area contributed by atoms with Crippen molar-refractivity contribution in [3.8, 4) is 0 Å². The third-order valence-electron chi connectivity index (χ3n) is 13.3. The van der Waals surface area contributed by atoms with Gasteiger partial charge in [-0.25, -0.2) is 0 Å². The van der Waals surface area contributed by atoms with Crippen LogP contribution >= 0.6 is 7.82 Å². The van der Waals surface area contributed by atoms with Gasteiger partial charge in [-0.3, -0.25) is 9.36 Å². The van der Waals surface area contributed by atoms with Crippen LogP contribution in [0.3, 0.4) is 0 Å². The molecular formula is C60H115N2O6P. The van der Waals surface area contributed by atoms with Crippen molar-refractivity contribution in [3.05, 3.63) is 48.6 Å². The normalized spacial score (nSPS) is 14.2. The summed E-state index contributed by atoms with van der Waals surface area (Å²) in [5, 5.41) is 13.8. The standard InChI is InChI=1S/C60H115N2O6P/c1-6-8-10-12-14-16-18-20-22-23-24-25-26-27-28-29-30-31-32-33-34-35-36-37-38-39-40-42-44-46-48-50-52-54-60(64)61-58(57-68-69(65,66)67-56-55-62(3,4)5)59(63)53-51-49-47-45-43-41-21-19-17-15-13-11-9-7-2/h24-25,27-28,43,45,51,53,58-59,63H,6-23,26,29-42,44,46-50,52,54-57H2,1-5H3,(H-,61,64,65,66)/b25-24-,28-27-,45-43+,53-51+. The predicted octanol–water partition coefficient (Wildman–Crippen LogP) is 17.3. The number of hydrogen-bond acceptors (Lipinski definition) is 6. The van der Waals surface area contributed by atoms with E-state index in [4.69, 9.17) is 9.05 Å². The largest absolute Gasteiger partial charge is 0.756 e. The fraction of sp³-hybridized carbons (Fsp3) is 0.850. The van der Waals surface area contributed by atoms with E-state index in [0.717, 1.165) is 44.9 Å². The third kappa shape index (κ3) is 54.1. The Morgan fingerprint density at radius 2 is 0.855 bits per heavy atom. The van der Waals surface area contributed by atoms with Gasteiger partial charge in [0.1, 0.15) is 13.2 Å². The molecule has 0 bridgehead atoms. The van der Waals surface area contributed by atoms with E-state index >= 15 is 0 Å². The van der Waals surface area contributed by atoms with Gasteiger partial charge in [-0.2, -0.15) is 0 Å². The van der Waals surface area contributed by atoms with Gasteiger partial charge in [0.25, 0.3) is 7.82 Å². The van der Waals surface area contributed by atoms with Crippen LogP contribution in [0.25, 0.3) is 0 Å². The number of likely N-dealkylation sites (N-methyl/N-ethyl adjacent to an activating group) is 1. The Hall–Kier alpha value is -1.54. The quantitative estimate of drug-likeness (QED) is 0.0272. The molecule has 0 spiro atoms. The molecule has 0 aromatic heterocycles. The maximum atomic E-state index is 12.9. The third-order valence-corrected chi connectivity index (χ3v) is 14.2. The molecule has 0 heterocycles. The van der Waals surface area contributed by atoms with Gasteiger partial charge in [-0.15, -0.1) is 0 Å². The van der Waals surface area contributed by atoms with Crippen molar-refractivity contribution < 1.29 is 32.9 Å². The Kier molecular flexibility index (Phi) is 50.2. The summed E-state index contributed by atoms with van der Waals surface area (Å²) in [6, 6.07) is -0.903. The highest BCUT2D eigenvalue weighted by Crippen LogP contribution is 2.38. The smallest absolute Gasteiger partial charge is 0.268 e. The Morgan fingerprint density at radius 3 is 1.26 bits per heavy atom. The molecule has 0 radical (unpaired) electrons. The number of nitrogens with zero attached hydrogens (tertiary/aromatic N) is 1. The zero-order valence-corrected chi connectivity index (χ0v) is 47.2. The molecule has 0 rings (SSSR count). The minimum absolute atomic E-state index is 0.00616. The van der Waals surface area contributed by atoms with E-state index in [9.17, 15) is 19.4 Å². The van der Waals surface area contributed by atoms with E-state index in [2.05, 4.69) is 55.6 Å². The number of amides is 1. The molecule has 69 heavy (non-hydrogen) atoms. The zero-order valence-electron chi connectivity index (χ0n) is 46.3. The average molecular weight is 992 g/mol. The minimum atomic E-state index is -4.60. The van der Waals surface area contributed by atoms with Gasteiger partial charge in [-0.1, -0.05) is 255 Å². The fourth-order valence-corrected chi connectivity index (χ4v) is 9.34. The van der Waals surface area contributed by atoms with Crippen LogP contribution in [0.5, 0.6) is 0 Å². The van der Waals surface area contributed by atoms with Gasteiger partial charge in [0.05, 0.1) is 39.9 Å². The molecule has 406 valence electrons. The van der Waals surface area contributed by atoms with Crippen LogP contribution in [-0.4, -0.2) is 68.5 Å². The lowest BCUT2D eigenvalue weighted by molar-refractivity contribution is -0.870. The van der Waals surface area contributed by atoms with Crippen LogP contribution in [-0.2, 0) is 18.4 Å². The van der Waals surface area contributed by atoms with Gasteiger partial charge in [0, 0.05) is 6.42 Å². The number of quaternary nitrogens is 1. The molecule has 8 nitrogen and oxygen atoms in total. The average Bonchev–Trinajstić information content (AvgIpc) is 3.31. The topological polar surface area (TPSA) is 108 Å². The van der Waals surface area contributed by atoms with Crippen LogP contribution in [0.2, 0.25) is 0 Å². The monoisotopic (exact) mass is 991 g/mol. The molecule has 3 unspecified atom stereocenters. The molecule has 0 aromatic carbocycles. The van der Waals surface area contributed by atoms with Crippen LogP contribution < -0.4 is 10.2 Å². The molecule has 0 saturated carbocycles. The summed E-state index contributed by atoms with van der Waals surface area (Å²) < 4.78 is 23.3. The summed E-state index contributed by atoms with van der Waals surface area (Å²) in [5.74, 6) is -0.205. The first-order chi connectivity index (χ1) is 33.5. The van der Waals surface area contributed by atoms with Crippen LogP contribution in [0.1, 0.15) is 277 Å². The molecule has 0 aliphatic rings. The number of phosphoric ester groups is 1. The molecule has 0 aliphatic heterocycles. The van der Waals surface area contributed by atoms with Gasteiger partial charge in [0.2, 0.25) is 5.91 Å². The fourth-order valence-electron chi connectivity index (χ4n) is 8.61. The maximum Gasteiger partial charge on any atom is 0.268 e. The first-order valence-electron chi connectivity index (χ1n) is 29.5. The maximum absolute atomic E-state index is 12.9. The van der Waals surface area contributed by atoms with E-state index in [1.807, 2.05) is 27.2 Å². The molecule has 0 aliphatic carbocycles. The van der Waals surface area contributed by atoms with Crippen molar-refractivity contribution in [1.82, 2.24) is 5.32 Å². The highest BCUT2D eigenvalue weighted by Gasteiger charge is 2.23. The lowest BCUT2D eigenvalue weighted by Gasteiger charge is -2.29. The predicted molar refractivity (Wildman–Crippen MR) is 298 cm³/mol. The molecular weight excluding hydrogens is 876 g/mol. The number of rotatable bonds is 54. The minimum Gasteiger partial charge on any atom is -0.756 e. The molecule has 0 saturated heterocycles. The molecule has 9 heteroatoms. The number of phosphoric acid groups is 1. The summed E-state index contributed by atoms with van der Waals surface area (Å²) in [6.45, 7) is 4.64. The number of unbranched alkanes of at least 4 members (excludes halogenated alkanes) is 35. The molecule has 0 fully saturated rings. The first-order valence-corrected chi connectivity index (χ1v) is 31.0. The Balaban J connectivity index is 4.04. The summed E-state index contributed by atoms with van der Waals surface area (Å²) in [7, 11) is 1.25. The number of allylic oxidation sites excluding steroid dienone is 7. The molecule has 3 atom stereocenters. The molecule has 2 N–H and O–H groups in total. The van der Waals surface area contributed by atoms with Crippen molar-refractivity contribution in [2.24, 2.45) is 0 Å². The Bertz CT molecular complexity index is 1260. The van der Waals surface area contributed by atoms with E-state index in [1.165, 1.54) is 212 Å². The highest BCUT2D eigenvalue weighted by molar-refractivity contribution is 7.45. The van der Waals surface area contributed by atoms with E-state index in [0.29, 0.717) is 17.4 Å². The van der Waals surface area contributed by atoms with Crippen molar-refractivity contribution in [1.29, 1.82) is 0 Å². The zero-order chi connectivity index (χ0) is 50.6. The highest BCUT2D eigenvalue weighted by atomic mass is 31.2. The van der Waals surface area contributed by atoms with E-state index < -0.39 is 26.6 Å². The van der Waals surface area contributed by atoms with Crippen LogP contribution in [0.15, 0.2) is 48.6 Å². The van der Waals surface area contributed by atoms with Crippen molar-refractivity contribution in [2.45, 2.75) is 289 Å². The van der Waals surface area contributed by atoms with E-state index in [-0.39, 0.29) is 12.5 Å². The molecule has 1 amide bonds. The second-order valence-electron chi connectivity index (χ2n) is 21.3. The summed E-state index contributed by atoms with van der Waals surface area (Å²) in [4.78, 5) is 25.4. The SMILES string of the molecule is CCCCCCCCCC/C=C/CC/C=C/C(O)C(COP(=O)([O-])OCC[N+](C)(C)C)NC(=O)CCCCCCCCCCCCCCCCCCC/C=C\C/C=C\CCCCCCCCCCC. The van der Waals surface area contributed by atoms with Crippen molar-refractivity contribution in [3.63, 3.8) is 0 Å². The van der Waals surface area contributed by atoms with Gasteiger partial charge >= 0.3 is 0 Å². The number of hydrogen-bond donors (Lipinski definition) is 2. The number of carbonyl (C=O) groups excluding carboxylic acids is 1. The number of aliphatic hydroxyl groups excluding tert-OH is 1. The van der Waals surface area contributed by atoms with E-state index in [1.54, 1.807) is 6.08 Å². The number of carbonyl (C=O) groups is 1.